The molecule has 4 saturated carbocycles. The first-order valence-corrected chi connectivity index (χ1v) is 13.5. The molecule has 4 aliphatic carbocycles. The number of nitrogens with one attached hydrogen (secondary N) is 1. The van der Waals surface area contributed by atoms with Crippen molar-refractivity contribution >= 4 is 11.6 Å². The van der Waals surface area contributed by atoms with Crippen LogP contribution in [0.15, 0.2) is 18.2 Å². The van der Waals surface area contributed by atoms with Crippen molar-refractivity contribution in [1.82, 2.24) is 0 Å². The number of carbonyl (C=O) groups is 1. The average molecular weight is 467 g/mol. The fraction of sp³-hybridized carbons (Fsp3) is 0.724. The van der Waals surface area contributed by atoms with E-state index in [4.69, 9.17) is 4.74 Å². The summed E-state index contributed by atoms with van der Waals surface area (Å²) >= 11 is 0. The third kappa shape index (κ3) is 4.17. The van der Waals surface area contributed by atoms with Crippen LogP contribution < -0.4 is 5.32 Å². The summed E-state index contributed by atoms with van der Waals surface area (Å²) in [6.45, 7) is 6.20. The Balaban J connectivity index is 1.27. The quantitative estimate of drug-likeness (QED) is 0.535. The molecule has 1 aromatic rings. The Morgan fingerprint density at radius 1 is 1.15 bits per heavy atom. The largest absolute Gasteiger partial charge is 0.381 e. The van der Waals surface area contributed by atoms with Crippen molar-refractivity contribution in [3.63, 3.8) is 0 Å². The van der Waals surface area contributed by atoms with E-state index in [9.17, 15) is 14.4 Å². The van der Waals surface area contributed by atoms with Crippen molar-refractivity contribution in [2.45, 2.75) is 71.6 Å². The van der Waals surface area contributed by atoms with E-state index in [2.05, 4.69) is 19.2 Å². The van der Waals surface area contributed by atoms with Crippen LogP contribution >= 0.6 is 0 Å². The molecule has 0 radical (unpaired) electrons. The van der Waals surface area contributed by atoms with Gasteiger partial charge in [0.15, 0.2) is 0 Å². The number of ether oxygens (including phenoxy) is 1. The number of hydrogen-bond acceptors (Lipinski definition) is 3. The van der Waals surface area contributed by atoms with E-state index < -0.39 is 5.82 Å². The van der Waals surface area contributed by atoms with Crippen LogP contribution in [0.25, 0.3) is 0 Å². The monoisotopic (exact) mass is 466 g/mol. The Hall–Kier alpha value is -1.93. The van der Waals surface area contributed by atoms with Gasteiger partial charge in [0, 0.05) is 19.1 Å². The summed E-state index contributed by atoms with van der Waals surface area (Å²) in [4.78, 5) is 13.4. The highest BCUT2D eigenvalue weighted by atomic mass is 19.1. The maximum absolute atomic E-state index is 13.5. The molecule has 5 rings (SSSR count). The number of carbonyl (C=O) groups excluding carboxylic acids is 1. The standard InChI is InChI=1S/C29H39FN2O2/c1-3-34-17-18-4-7-22-19(14-18)5-8-24-23(22)12-13-29(2)25(24)9-10-26(29)28(33)32-27-11-6-21(30)15-20(27)16-31/h6,11,15,18-19,22-26H,3-5,7-10,12-14,17H2,1-2H3,(H,32,33). The van der Waals surface area contributed by atoms with Crippen molar-refractivity contribution in [3.05, 3.63) is 29.6 Å². The fourth-order valence-corrected chi connectivity index (χ4v) is 8.75. The van der Waals surface area contributed by atoms with Crippen LogP contribution in [-0.2, 0) is 9.53 Å². The molecule has 0 saturated heterocycles. The van der Waals surface area contributed by atoms with Gasteiger partial charge in [-0.15, -0.1) is 0 Å². The number of fused-ring (bicyclic) bond motifs is 5. The van der Waals surface area contributed by atoms with Crippen LogP contribution in [0.4, 0.5) is 10.1 Å². The zero-order valence-corrected chi connectivity index (χ0v) is 20.7. The van der Waals surface area contributed by atoms with E-state index in [0.29, 0.717) is 11.6 Å². The maximum atomic E-state index is 13.5. The van der Waals surface area contributed by atoms with E-state index in [0.717, 1.165) is 62.1 Å². The highest BCUT2D eigenvalue weighted by molar-refractivity contribution is 5.94. The number of benzene rings is 1. The lowest BCUT2D eigenvalue weighted by atomic mass is 9.49. The highest BCUT2D eigenvalue weighted by Crippen LogP contribution is 2.64. The molecule has 1 amide bonds. The van der Waals surface area contributed by atoms with Crippen molar-refractivity contribution in [2.24, 2.45) is 46.8 Å². The number of rotatable bonds is 5. The molecule has 184 valence electrons. The van der Waals surface area contributed by atoms with Crippen molar-refractivity contribution < 1.29 is 13.9 Å². The van der Waals surface area contributed by atoms with E-state index >= 15 is 0 Å². The Morgan fingerprint density at radius 2 is 1.97 bits per heavy atom. The van der Waals surface area contributed by atoms with Gasteiger partial charge in [0.2, 0.25) is 5.91 Å². The summed E-state index contributed by atoms with van der Waals surface area (Å²) in [5, 5.41) is 12.4. The van der Waals surface area contributed by atoms with E-state index in [1.807, 2.05) is 6.07 Å². The summed E-state index contributed by atoms with van der Waals surface area (Å²) in [5.41, 5.74) is 0.644. The average Bonchev–Trinajstić information content (AvgIpc) is 3.20. The molecule has 1 aromatic carbocycles. The summed E-state index contributed by atoms with van der Waals surface area (Å²) in [6.07, 6.45) is 11.1. The van der Waals surface area contributed by atoms with Gasteiger partial charge in [-0.2, -0.15) is 5.26 Å². The first kappa shape index (κ1) is 23.8. The van der Waals surface area contributed by atoms with Gasteiger partial charge < -0.3 is 10.1 Å². The zero-order chi connectivity index (χ0) is 23.9. The predicted molar refractivity (Wildman–Crippen MR) is 130 cm³/mol. The molecule has 0 bridgehead atoms. The fourth-order valence-electron chi connectivity index (χ4n) is 8.75. The molecule has 4 aliphatic rings. The topological polar surface area (TPSA) is 62.1 Å². The van der Waals surface area contributed by atoms with Crippen LogP contribution in [0.1, 0.15) is 77.2 Å². The summed E-state index contributed by atoms with van der Waals surface area (Å²) < 4.78 is 19.3. The minimum Gasteiger partial charge on any atom is -0.381 e. The molecule has 0 spiro atoms. The SMILES string of the molecule is CCOCC1CCC2C(CCC3C2CCC2(C)C(C(=O)Nc4ccc(F)cc4C#N)CCC32)C1. The van der Waals surface area contributed by atoms with Gasteiger partial charge in [-0.05, 0) is 124 Å². The van der Waals surface area contributed by atoms with Crippen LogP contribution in [0.5, 0.6) is 0 Å². The molecule has 34 heavy (non-hydrogen) atoms. The van der Waals surface area contributed by atoms with Crippen LogP contribution in [0.3, 0.4) is 0 Å². The normalized spacial score (nSPS) is 38.8. The molecule has 0 heterocycles. The molecule has 5 heteroatoms. The predicted octanol–water partition coefficient (Wildman–Crippen LogP) is 6.56. The molecule has 0 aliphatic heterocycles. The zero-order valence-electron chi connectivity index (χ0n) is 20.7. The van der Waals surface area contributed by atoms with Crippen molar-refractivity contribution in [1.29, 1.82) is 5.26 Å². The summed E-state index contributed by atoms with van der Waals surface area (Å²) in [6, 6.07) is 6.03. The first-order valence-electron chi connectivity index (χ1n) is 13.5. The lowest BCUT2D eigenvalue weighted by molar-refractivity contribution is -0.127. The number of halogens is 1. The van der Waals surface area contributed by atoms with Gasteiger partial charge in [-0.1, -0.05) is 6.92 Å². The van der Waals surface area contributed by atoms with Crippen LogP contribution in [0.2, 0.25) is 0 Å². The number of amides is 1. The Labute approximate surface area is 203 Å². The smallest absolute Gasteiger partial charge is 0.228 e. The number of anilines is 1. The number of nitriles is 1. The summed E-state index contributed by atoms with van der Waals surface area (Å²) in [5.74, 6) is 4.20. The lowest BCUT2D eigenvalue weighted by Crippen LogP contribution is -2.50. The molecule has 8 atom stereocenters. The molecule has 4 fully saturated rings. The molecule has 8 unspecified atom stereocenters. The minimum atomic E-state index is -0.455. The third-order valence-electron chi connectivity index (χ3n) is 10.3. The van der Waals surface area contributed by atoms with Crippen molar-refractivity contribution in [3.8, 4) is 6.07 Å². The highest BCUT2D eigenvalue weighted by Gasteiger charge is 2.58. The van der Waals surface area contributed by atoms with Gasteiger partial charge in [-0.3, -0.25) is 4.79 Å². The second-order valence-electron chi connectivity index (χ2n) is 11.7. The van der Waals surface area contributed by atoms with Gasteiger partial charge in [0.25, 0.3) is 0 Å². The summed E-state index contributed by atoms with van der Waals surface area (Å²) in [7, 11) is 0. The Morgan fingerprint density at radius 3 is 2.76 bits per heavy atom. The maximum Gasteiger partial charge on any atom is 0.228 e. The van der Waals surface area contributed by atoms with E-state index in [1.54, 1.807) is 0 Å². The number of hydrogen-bond donors (Lipinski definition) is 1. The van der Waals surface area contributed by atoms with Gasteiger partial charge >= 0.3 is 0 Å². The van der Waals surface area contributed by atoms with Crippen LogP contribution in [-0.4, -0.2) is 19.1 Å². The van der Waals surface area contributed by atoms with Gasteiger partial charge in [0.05, 0.1) is 11.3 Å². The second-order valence-corrected chi connectivity index (χ2v) is 11.7. The molecule has 4 nitrogen and oxygen atoms in total. The molecule has 1 N–H and O–H groups in total. The van der Waals surface area contributed by atoms with Gasteiger partial charge in [0.1, 0.15) is 11.9 Å². The minimum absolute atomic E-state index is 0.0108. The molecule has 0 aromatic heterocycles. The Kier molecular flexibility index (Phi) is 6.73. The lowest BCUT2D eigenvalue weighted by Gasteiger charge is -2.56. The van der Waals surface area contributed by atoms with Gasteiger partial charge in [-0.25, -0.2) is 4.39 Å². The first-order chi connectivity index (χ1) is 16.4. The second kappa shape index (κ2) is 9.61. The third-order valence-corrected chi connectivity index (χ3v) is 10.3. The van der Waals surface area contributed by atoms with E-state index in [-0.39, 0.29) is 22.8 Å². The molecular formula is C29H39FN2O2. The van der Waals surface area contributed by atoms with Crippen LogP contribution in [0, 0.1) is 64.0 Å². The van der Waals surface area contributed by atoms with Crippen molar-refractivity contribution in [2.75, 3.05) is 18.5 Å². The number of nitrogens with zero attached hydrogens (tertiary/aromatic N) is 1. The van der Waals surface area contributed by atoms with E-state index in [1.165, 1.54) is 56.7 Å². The molecular weight excluding hydrogens is 427 g/mol. The Bertz CT molecular complexity index is 958.